The molecule has 0 saturated carbocycles. The van der Waals surface area contributed by atoms with E-state index in [0.717, 1.165) is 5.56 Å². The van der Waals surface area contributed by atoms with Crippen LogP contribution in [0.5, 0.6) is 0 Å². The van der Waals surface area contributed by atoms with E-state index in [9.17, 15) is 4.21 Å². The summed E-state index contributed by atoms with van der Waals surface area (Å²) in [5, 5.41) is 0.404. The van der Waals surface area contributed by atoms with E-state index in [2.05, 4.69) is 0 Å². The van der Waals surface area contributed by atoms with Gasteiger partial charge < -0.3 is 10.5 Å². The number of ether oxygens (including phenoxy) is 1. The maximum Gasteiger partial charge on any atom is 0.127 e. The second kappa shape index (κ2) is 6.70. The summed E-state index contributed by atoms with van der Waals surface area (Å²) in [5.74, 6) is 0.0722. The van der Waals surface area contributed by atoms with Crippen LogP contribution in [0.15, 0.2) is 53.4 Å². The van der Waals surface area contributed by atoms with Crippen LogP contribution in [0, 0.1) is 0 Å². The van der Waals surface area contributed by atoms with Crippen LogP contribution in [0.25, 0.3) is 0 Å². The van der Waals surface area contributed by atoms with Crippen LogP contribution in [0.2, 0.25) is 5.02 Å². The molecule has 1 atom stereocenters. The number of hydrogen-bond donors (Lipinski definition) is 1. The molecule has 100 valence electrons. The van der Waals surface area contributed by atoms with Gasteiger partial charge in [0.1, 0.15) is 5.94 Å². The van der Waals surface area contributed by atoms with Crippen LogP contribution in [0.4, 0.5) is 5.69 Å². The summed E-state index contributed by atoms with van der Waals surface area (Å²) in [6, 6.07) is 14.8. The van der Waals surface area contributed by atoms with E-state index in [4.69, 9.17) is 22.1 Å². The molecule has 2 aromatic carbocycles. The summed E-state index contributed by atoms with van der Waals surface area (Å²) >= 11 is 5.99. The molecule has 0 spiro atoms. The van der Waals surface area contributed by atoms with Crippen LogP contribution < -0.4 is 5.73 Å². The number of anilines is 1. The van der Waals surface area contributed by atoms with E-state index in [1.807, 2.05) is 30.3 Å². The fraction of sp³-hybridized carbons (Fsp3) is 0.143. The Morgan fingerprint density at radius 2 is 1.84 bits per heavy atom. The lowest BCUT2D eigenvalue weighted by Crippen LogP contribution is -2.06. The van der Waals surface area contributed by atoms with Crippen molar-refractivity contribution in [2.45, 2.75) is 11.5 Å². The van der Waals surface area contributed by atoms with E-state index >= 15 is 0 Å². The highest BCUT2D eigenvalue weighted by molar-refractivity contribution is 7.85. The third kappa shape index (κ3) is 3.80. The first-order chi connectivity index (χ1) is 9.18. The largest absolute Gasteiger partial charge is 0.398 e. The van der Waals surface area contributed by atoms with Gasteiger partial charge in [-0.3, -0.25) is 4.21 Å². The Kier molecular flexibility index (Phi) is 4.96. The van der Waals surface area contributed by atoms with Crippen molar-refractivity contribution in [3.8, 4) is 0 Å². The topological polar surface area (TPSA) is 52.3 Å². The highest BCUT2D eigenvalue weighted by Crippen LogP contribution is 2.25. The molecular formula is C14H14ClNO2S. The Morgan fingerprint density at radius 1 is 1.11 bits per heavy atom. The van der Waals surface area contributed by atoms with E-state index < -0.39 is 10.8 Å². The van der Waals surface area contributed by atoms with Gasteiger partial charge in [-0.2, -0.15) is 0 Å². The maximum absolute atomic E-state index is 12.1. The van der Waals surface area contributed by atoms with E-state index in [1.54, 1.807) is 18.2 Å². The standard InChI is InChI=1S/C14H14ClNO2S/c15-12-7-4-8-13(16)14(12)19(17)10-18-9-11-5-2-1-3-6-11/h1-8H,9-10,16H2. The van der Waals surface area contributed by atoms with Gasteiger partial charge in [-0.25, -0.2) is 0 Å². The molecule has 0 fully saturated rings. The predicted molar refractivity (Wildman–Crippen MR) is 78.4 cm³/mol. The fourth-order valence-corrected chi connectivity index (χ4v) is 3.04. The molecular weight excluding hydrogens is 282 g/mol. The van der Waals surface area contributed by atoms with Gasteiger partial charge in [0, 0.05) is 5.69 Å². The van der Waals surface area contributed by atoms with Crippen molar-refractivity contribution in [2.24, 2.45) is 0 Å². The summed E-state index contributed by atoms with van der Waals surface area (Å²) < 4.78 is 17.5. The third-order valence-electron chi connectivity index (χ3n) is 2.53. The number of rotatable bonds is 5. The average molecular weight is 296 g/mol. The minimum atomic E-state index is -1.36. The molecule has 1 unspecified atom stereocenters. The Labute approximate surface area is 119 Å². The Hall–Kier alpha value is -1.36. The minimum Gasteiger partial charge on any atom is -0.398 e. The summed E-state index contributed by atoms with van der Waals surface area (Å²) in [6.07, 6.45) is 0. The quantitative estimate of drug-likeness (QED) is 0.862. The van der Waals surface area contributed by atoms with Crippen LogP contribution in [-0.4, -0.2) is 10.1 Å². The molecule has 3 nitrogen and oxygen atoms in total. The number of halogens is 1. The molecule has 2 rings (SSSR count). The lowest BCUT2D eigenvalue weighted by Gasteiger charge is -2.08. The number of nitrogens with two attached hydrogens (primary N) is 1. The third-order valence-corrected chi connectivity index (χ3v) is 4.25. The lowest BCUT2D eigenvalue weighted by molar-refractivity contribution is 0.166. The molecule has 2 N–H and O–H groups in total. The molecule has 0 amide bonds. The van der Waals surface area contributed by atoms with Gasteiger partial charge in [0.25, 0.3) is 0 Å². The first-order valence-electron chi connectivity index (χ1n) is 5.72. The number of hydrogen-bond acceptors (Lipinski definition) is 3. The molecule has 0 radical (unpaired) electrons. The molecule has 0 bridgehead atoms. The zero-order chi connectivity index (χ0) is 13.7. The van der Waals surface area contributed by atoms with Crippen molar-refractivity contribution in [3.05, 3.63) is 59.1 Å². The second-order valence-corrected chi connectivity index (χ2v) is 5.70. The van der Waals surface area contributed by atoms with E-state index in [0.29, 0.717) is 22.2 Å². The van der Waals surface area contributed by atoms with Gasteiger partial charge in [0.05, 0.1) is 27.3 Å². The molecule has 0 aromatic heterocycles. The van der Waals surface area contributed by atoms with Gasteiger partial charge >= 0.3 is 0 Å². The molecule has 0 aliphatic heterocycles. The molecule has 0 aliphatic carbocycles. The van der Waals surface area contributed by atoms with Gasteiger partial charge in [-0.1, -0.05) is 48.0 Å². The summed E-state index contributed by atoms with van der Waals surface area (Å²) in [4.78, 5) is 0.442. The highest BCUT2D eigenvalue weighted by atomic mass is 35.5. The lowest BCUT2D eigenvalue weighted by atomic mass is 10.2. The van der Waals surface area contributed by atoms with Gasteiger partial charge in [-0.05, 0) is 17.7 Å². The maximum atomic E-state index is 12.1. The van der Waals surface area contributed by atoms with Crippen LogP contribution in [0.3, 0.4) is 0 Å². The van der Waals surface area contributed by atoms with Gasteiger partial charge in [-0.15, -0.1) is 0 Å². The summed E-state index contributed by atoms with van der Waals surface area (Å²) in [5.41, 5.74) is 7.23. The summed E-state index contributed by atoms with van der Waals surface area (Å²) in [7, 11) is -1.36. The SMILES string of the molecule is Nc1cccc(Cl)c1S(=O)COCc1ccccc1. The Balaban J connectivity index is 1.95. The van der Waals surface area contributed by atoms with Crippen molar-refractivity contribution >= 4 is 28.1 Å². The molecule has 0 aliphatic rings. The van der Waals surface area contributed by atoms with Crippen LogP contribution in [-0.2, 0) is 22.1 Å². The van der Waals surface area contributed by atoms with Gasteiger partial charge in [0.2, 0.25) is 0 Å². The first kappa shape index (κ1) is 14.1. The average Bonchev–Trinajstić information content (AvgIpc) is 2.40. The highest BCUT2D eigenvalue weighted by Gasteiger charge is 2.12. The Morgan fingerprint density at radius 3 is 2.53 bits per heavy atom. The van der Waals surface area contributed by atoms with Crippen LogP contribution in [0.1, 0.15) is 5.56 Å². The van der Waals surface area contributed by atoms with E-state index in [1.165, 1.54) is 0 Å². The predicted octanol–water partition coefficient (Wildman–Crippen LogP) is 3.20. The van der Waals surface area contributed by atoms with Crippen molar-refractivity contribution in [3.63, 3.8) is 0 Å². The van der Waals surface area contributed by atoms with Crippen molar-refractivity contribution in [2.75, 3.05) is 11.7 Å². The summed E-state index contributed by atoms with van der Waals surface area (Å²) in [6.45, 7) is 0.414. The zero-order valence-corrected chi connectivity index (χ0v) is 11.8. The Bertz CT molecular complexity index is 555. The molecule has 5 heteroatoms. The monoisotopic (exact) mass is 295 g/mol. The number of nitrogen functional groups attached to an aromatic ring is 1. The minimum absolute atomic E-state index is 0.0722. The van der Waals surface area contributed by atoms with Crippen molar-refractivity contribution in [1.82, 2.24) is 0 Å². The van der Waals surface area contributed by atoms with Crippen molar-refractivity contribution in [1.29, 1.82) is 0 Å². The van der Waals surface area contributed by atoms with Crippen LogP contribution >= 0.6 is 11.6 Å². The molecule has 0 heterocycles. The molecule has 0 saturated heterocycles. The normalized spacial score (nSPS) is 12.3. The fourth-order valence-electron chi connectivity index (χ4n) is 1.63. The zero-order valence-electron chi connectivity index (χ0n) is 10.2. The second-order valence-electron chi connectivity index (χ2n) is 3.96. The van der Waals surface area contributed by atoms with E-state index in [-0.39, 0.29) is 5.94 Å². The van der Waals surface area contributed by atoms with Gasteiger partial charge in [0.15, 0.2) is 0 Å². The molecule has 2 aromatic rings. The number of benzene rings is 2. The molecule has 19 heavy (non-hydrogen) atoms. The smallest absolute Gasteiger partial charge is 0.127 e. The van der Waals surface area contributed by atoms with Crippen molar-refractivity contribution < 1.29 is 8.95 Å². The first-order valence-corrected chi connectivity index (χ1v) is 7.42.